The number of aliphatic hydroxyl groups excluding tert-OH is 2. The largest absolute Gasteiger partial charge is 0.454 e. The Bertz CT molecular complexity index is 399. The zero-order valence-corrected chi connectivity index (χ0v) is 10.5. The molecular formula is C10H10BrClO4. The Labute approximate surface area is 106 Å². The highest BCUT2D eigenvalue weighted by Crippen LogP contribution is 2.39. The zero-order valence-electron chi connectivity index (χ0n) is 8.19. The first-order valence-corrected chi connectivity index (χ1v) is 5.97. The summed E-state index contributed by atoms with van der Waals surface area (Å²) in [6.07, 6.45) is -2.07. The van der Waals surface area contributed by atoms with Crippen LogP contribution < -0.4 is 9.47 Å². The molecule has 2 unspecified atom stereocenters. The fourth-order valence-electron chi connectivity index (χ4n) is 1.45. The van der Waals surface area contributed by atoms with Crippen LogP contribution in [0.25, 0.3) is 0 Å². The Hall–Kier alpha value is -0.490. The number of aliphatic hydroxyl groups is 2. The number of alkyl halides is 1. The lowest BCUT2D eigenvalue weighted by Gasteiger charge is -2.17. The van der Waals surface area contributed by atoms with E-state index in [4.69, 9.17) is 21.1 Å². The van der Waals surface area contributed by atoms with Gasteiger partial charge in [-0.2, -0.15) is 0 Å². The Morgan fingerprint density at radius 1 is 1.31 bits per heavy atom. The van der Waals surface area contributed by atoms with Gasteiger partial charge in [-0.3, -0.25) is 0 Å². The predicted octanol–water partition coefficient (Wildman–Crippen LogP) is 1.81. The molecule has 0 radical (unpaired) electrons. The van der Waals surface area contributed by atoms with Gasteiger partial charge in [-0.1, -0.05) is 15.9 Å². The van der Waals surface area contributed by atoms with Crippen LogP contribution >= 0.6 is 27.5 Å². The Kier molecular flexibility index (Phi) is 3.59. The molecule has 6 heteroatoms. The molecule has 88 valence electrons. The Balaban J connectivity index is 2.34. The molecule has 1 aliphatic heterocycles. The van der Waals surface area contributed by atoms with Gasteiger partial charge in [0.1, 0.15) is 6.10 Å². The molecule has 0 aliphatic carbocycles. The first kappa shape index (κ1) is 12.0. The third kappa shape index (κ3) is 2.13. The molecule has 2 N–H and O–H groups in total. The zero-order chi connectivity index (χ0) is 11.7. The fraction of sp³-hybridized carbons (Fsp3) is 0.400. The molecular weight excluding hydrogens is 299 g/mol. The lowest BCUT2D eigenvalue weighted by atomic mass is 10.0. The van der Waals surface area contributed by atoms with Crippen LogP contribution in [0.15, 0.2) is 16.6 Å². The second-order valence-corrected chi connectivity index (χ2v) is 4.56. The number of fused-ring (bicyclic) bond motifs is 1. The molecule has 2 atom stereocenters. The van der Waals surface area contributed by atoms with E-state index in [1.165, 1.54) is 0 Å². The summed E-state index contributed by atoms with van der Waals surface area (Å²) in [6, 6.07) is 3.33. The molecule has 1 aromatic rings. The molecule has 1 heterocycles. The van der Waals surface area contributed by atoms with Crippen LogP contribution in [0.2, 0.25) is 0 Å². The third-order valence-corrected chi connectivity index (χ3v) is 3.34. The average molecular weight is 310 g/mol. The van der Waals surface area contributed by atoms with E-state index in [1.807, 2.05) is 0 Å². The van der Waals surface area contributed by atoms with Crippen molar-refractivity contribution in [3.8, 4) is 11.5 Å². The summed E-state index contributed by atoms with van der Waals surface area (Å²) >= 11 is 8.78. The minimum Gasteiger partial charge on any atom is -0.454 e. The van der Waals surface area contributed by atoms with Gasteiger partial charge in [-0.25, -0.2) is 0 Å². The van der Waals surface area contributed by atoms with Crippen molar-refractivity contribution >= 4 is 27.5 Å². The molecule has 2 rings (SSSR count). The standard InChI is InChI=1S/C10H10BrClO4/c11-6-2-9-8(15-4-16-9)1-5(6)10(14)7(13)3-12/h1-2,7,10,13-14H,3-4H2. The number of benzene rings is 1. The monoisotopic (exact) mass is 308 g/mol. The molecule has 0 saturated carbocycles. The van der Waals surface area contributed by atoms with Gasteiger partial charge in [-0.15, -0.1) is 11.6 Å². The molecule has 1 aliphatic rings. The summed E-state index contributed by atoms with van der Waals surface area (Å²) in [7, 11) is 0. The number of hydrogen-bond donors (Lipinski definition) is 2. The maximum atomic E-state index is 9.84. The van der Waals surface area contributed by atoms with Crippen LogP contribution in [0.4, 0.5) is 0 Å². The van der Waals surface area contributed by atoms with Gasteiger partial charge in [0.05, 0.1) is 12.0 Å². The minimum absolute atomic E-state index is 0.0396. The minimum atomic E-state index is -1.05. The molecule has 1 aromatic carbocycles. The number of halogens is 2. The SMILES string of the molecule is OC(CCl)C(O)c1cc2c(cc1Br)OCO2. The van der Waals surface area contributed by atoms with Gasteiger partial charge < -0.3 is 19.7 Å². The van der Waals surface area contributed by atoms with Crippen molar-refractivity contribution < 1.29 is 19.7 Å². The van der Waals surface area contributed by atoms with Gasteiger partial charge in [0.15, 0.2) is 11.5 Å². The van der Waals surface area contributed by atoms with E-state index in [0.29, 0.717) is 21.5 Å². The van der Waals surface area contributed by atoms with Gasteiger partial charge in [0, 0.05) is 10.0 Å². The molecule has 16 heavy (non-hydrogen) atoms. The quantitative estimate of drug-likeness (QED) is 0.836. The van der Waals surface area contributed by atoms with E-state index < -0.39 is 12.2 Å². The van der Waals surface area contributed by atoms with E-state index >= 15 is 0 Å². The molecule has 0 bridgehead atoms. The van der Waals surface area contributed by atoms with Crippen LogP contribution in [0.3, 0.4) is 0 Å². The number of ether oxygens (including phenoxy) is 2. The van der Waals surface area contributed by atoms with Crippen LogP contribution in [-0.2, 0) is 0 Å². The van der Waals surface area contributed by atoms with E-state index in [0.717, 1.165) is 0 Å². The van der Waals surface area contributed by atoms with Gasteiger partial charge in [0.2, 0.25) is 6.79 Å². The summed E-state index contributed by atoms with van der Waals surface area (Å²) in [6.45, 7) is 0.166. The fourth-order valence-corrected chi connectivity index (χ4v) is 2.18. The van der Waals surface area contributed by atoms with Crippen LogP contribution in [0, 0.1) is 0 Å². The van der Waals surface area contributed by atoms with Crippen molar-refractivity contribution in [2.75, 3.05) is 12.7 Å². The normalized spacial score (nSPS) is 17.2. The molecule has 0 saturated heterocycles. The third-order valence-electron chi connectivity index (χ3n) is 2.33. The second-order valence-electron chi connectivity index (χ2n) is 3.39. The topological polar surface area (TPSA) is 58.9 Å². The van der Waals surface area contributed by atoms with Crippen molar-refractivity contribution in [3.63, 3.8) is 0 Å². The first-order valence-electron chi connectivity index (χ1n) is 4.64. The Morgan fingerprint density at radius 2 is 1.94 bits per heavy atom. The van der Waals surface area contributed by atoms with Gasteiger partial charge >= 0.3 is 0 Å². The highest BCUT2D eigenvalue weighted by Gasteiger charge is 2.24. The van der Waals surface area contributed by atoms with E-state index in [1.54, 1.807) is 12.1 Å². The second kappa shape index (κ2) is 4.79. The summed E-state index contributed by atoms with van der Waals surface area (Å²) in [4.78, 5) is 0. The van der Waals surface area contributed by atoms with E-state index in [9.17, 15) is 10.2 Å². The summed E-state index contributed by atoms with van der Waals surface area (Å²) in [5, 5.41) is 19.3. The number of hydrogen-bond acceptors (Lipinski definition) is 4. The van der Waals surface area contributed by atoms with Crippen molar-refractivity contribution in [3.05, 3.63) is 22.2 Å². The van der Waals surface area contributed by atoms with Crippen LogP contribution in [0.1, 0.15) is 11.7 Å². The first-order chi connectivity index (χ1) is 7.63. The van der Waals surface area contributed by atoms with Crippen LogP contribution in [0.5, 0.6) is 11.5 Å². The van der Waals surface area contributed by atoms with Crippen molar-refractivity contribution in [2.45, 2.75) is 12.2 Å². The number of rotatable bonds is 3. The molecule has 0 aromatic heterocycles. The lowest BCUT2D eigenvalue weighted by Crippen LogP contribution is -2.20. The molecule has 0 amide bonds. The Morgan fingerprint density at radius 3 is 2.56 bits per heavy atom. The van der Waals surface area contributed by atoms with Crippen molar-refractivity contribution in [2.24, 2.45) is 0 Å². The maximum absolute atomic E-state index is 9.84. The highest BCUT2D eigenvalue weighted by atomic mass is 79.9. The van der Waals surface area contributed by atoms with E-state index in [2.05, 4.69) is 15.9 Å². The molecule has 0 fully saturated rings. The highest BCUT2D eigenvalue weighted by molar-refractivity contribution is 9.10. The summed E-state index contributed by atoms with van der Waals surface area (Å²) in [5.41, 5.74) is 0.525. The van der Waals surface area contributed by atoms with Crippen LogP contribution in [-0.4, -0.2) is 29.0 Å². The van der Waals surface area contributed by atoms with Gasteiger partial charge in [-0.05, 0) is 12.1 Å². The molecule has 0 spiro atoms. The predicted molar refractivity (Wildman–Crippen MR) is 62.0 cm³/mol. The smallest absolute Gasteiger partial charge is 0.231 e. The van der Waals surface area contributed by atoms with Gasteiger partial charge in [0.25, 0.3) is 0 Å². The summed E-state index contributed by atoms with van der Waals surface area (Å²) < 4.78 is 11.0. The van der Waals surface area contributed by atoms with Crippen molar-refractivity contribution in [1.29, 1.82) is 0 Å². The average Bonchev–Trinajstić information content (AvgIpc) is 2.72. The maximum Gasteiger partial charge on any atom is 0.231 e. The van der Waals surface area contributed by atoms with Crippen molar-refractivity contribution in [1.82, 2.24) is 0 Å². The molecule has 4 nitrogen and oxygen atoms in total. The summed E-state index contributed by atoms with van der Waals surface area (Å²) in [5.74, 6) is 1.13. The van der Waals surface area contributed by atoms with E-state index in [-0.39, 0.29) is 12.7 Å². The lowest BCUT2D eigenvalue weighted by molar-refractivity contribution is 0.0322.